The maximum Gasteiger partial charge on any atom is 0.208 e. The van der Waals surface area contributed by atoms with Crippen molar-refractivity contribution in [2.75, 3.05) is 6.54 Å². The van der Waals surface area contributed by atoms with Crippen molar-refractivity contribution in [3.63, 3.8) is 0 Å². The maximum absolute atomic E-state index is 5.75. The van der Waals surface area contributed by atoms with E-state index in [0.717, 1.165) is 28.2 Å². The van der Waals surface area contributed by atoms with Crippen molar-refractivity contribution in [3.8, 4) is 11.3 Å². The van der Waals surface area contributed by atoms with Crippen molar-refractivity contribution in [1.82, 2.24) is 10.3 Å². The van der Waals surface area contributed by atoms with Crippen molar-refractivity contribution < 1.29 is 4.42 Å². The Bertz CT molecular complexity index is 549. The van der Waals surface area contributed by atoms with E-state index in [2.05, 4.69) is 59.1 Å². The summed E-state index contributed by atoms with van der Waals surface area (Å²) in [6.07, 6.45) is 1.78. The summed E-state index contributed by atoms with van der Waals surface area (Å²) in [6.45, 7) is 8.06. The molecule has 1 aromatic heterocycles. The van der Waals surface area contributed by atoms with Crippen molar-refractivity contribution in [3.05, 3.63) is 40.3 Å². The molecule has 1 aromatic carbocycles. The number of halogens is 1. The van der Waals surface area contributed by atoms with Gasteiger partial charge in [-0.05, 0) is 31.0 Å². The number of hydrogen-bond acceptors (Lipinski definition) is 3. The van der Waals surface area contributed by atoms with E-state index in [1.54, 1.807) is 6.20 Å². The molecule has 1 N–H and O–H groups in total. The van der Waals surface area contributed by atoms with Crippen LogP contribution in [-0.2, 0) is 6.54 Å². The summed E-state index contributed by atoms with van der Waals surface area (Å²) in [5.41, 5.74) is 2.25. The molecule has 2 rings (SSSR count). The van der Waals surface area contributed by atoms with Crippen LogP contribution in [-0.4, -0.2) is 11.5 Å². The van der Waals surface area contributed by atoms with Gasteiger partial charge in [0.2, 0.25) is 5.89 Å². The largest absolute Gasteiger partial charge is 0.439 e. The predicted octanol–water partition coefficient (Wildman–Crippen LogP) is 4.16. The highest BCUT2D eigenvalue weighted by Crippen LogP contribution is 2.26. The lowest BCUT2D eigenvalue weighted by molar-refractivity contribution is 0.459. The van der Waals surface area contributed by atoms with Gasteiger partial charge in [-0.3, -0.25) is 0 Å². The van der Waals surface area contributed by atoms with Gasteiger partial charge in [-0.25, -0.2) is 4.98 Å². The van der Waals surface area contributed by atoms with Crippen molar-refractivity contribution in [2.45, 2.75) is 27.3 Å². The van der Waals surface area contributed by atoms with E-state index in [4.69, 9.17) is 4.42 Å². The number of rotatable bonds is 5. The molecule has 0 bridgehead atoms. The molecule has 0 atom stereocenters. The van der Waals surface area contributed by atoms with Crippen LogP contribution in [0, 0.1) is 12.8 Å². The van der Waals surface area contributed by atoms with Gasteiger partial charge in [0.15, 0.2) is 5.76 Å². The molecule has 0 aliphatic rings. The average Bonchev–Trinajstić information content (AvgIpc) is 2.81. The molecule has 0 radical (unpaired) electrons. The number of aryl methyl sites for hydroxylation is 1. The Morgan fingerprint density at radius 1 is 1.37 bits per heavy atom. The molecule has 4 heteroatoms. The normalized spacial score (nSPS) is 11.2. The van der Waals surface area contributed by atoms with Crippen LogP contribution in [0.5, 0.6) is 0 Å². The summed E-state index contributed by atoms with van der Waals surface area (Å²) in [5.74, 6) is 2.16. The smallest absolute Gasteiger partial charge is 0.208 e. The molecule has 0 aliphatic heterocycles. The first-order chi connectivity index (χ1) is 9.06. The molecule has 0 aliphatic carbocycles. The van der Waals surface area contributed by atoms with Crippen LogP contribution in [0.3, 0.4) is 0 Å². The van der Waals surface area contributed by atoms with Gasteiger partial charge in [-0.15, -0.1) is 0 Å². The standard InChI is InChI=1S/C15H19BrN2O/c1-10(2)7-17-9-15-18-8-14(19-15)12-5-4-11(3)13(16)6-12/h4-6,8,10,17H,7,9H2,1-3H3. The fourth-order valence-corrected chi connectivity index (χ4v) is 2.12. The molecular weight excluding hydrogens is 304 g/mol. The Balaban J connectivity index is 2.05. The Morgan fingerprint density at radius 3 is 2.84 bits per heavy atom. The minimum Gasteiger partial charge on any atom is -0.439 e. The van der Waals surface area contributed by atoms with Crippen LogP contribution in [0.2, 0.25) is 0 Å². The van der Waals surface area contributed by atoms with E-state index in [9.17, 15) is 0 Å². The third kappa shape index (κ3) is 3.91. The Labute approximate surface area is 122 Å². The highest BCUT2D eigenvalue weighted by atomic mass is 79.9. The van der Waals surface area contributed by atoms with Crippen LogP contribution in [0.25, 0.3) is 11.3 Å². The summed E-state index contributed by atoms with van der Waals surface area (Å²) >= 11 is 3.53. The second-order valence-corrected chi connectivity index (χ2v) is 5.96. The number of oxazole rings is 1. The minimum atomic E-state index is 0.627. The Kier molecular flexibility index (Phi) is 4.77. The predicted molar refractivity (Wildman–Crippen MR) is 80.9 cm³/mol. The van der Waals surface area contributed by atoms with Crippen LogP contribution in [0.4, 0.5) is 0 Å². The van der Waals surface area contributed by atoms with E-state index < -0.39 is 0 Å². The first kappa shape index (κ1) is 14.3. The average molecular weight is 323 g/mol. The van der Waals surface area contributed by atoms with E-state index in [0.29, 0.717) is 12.5 Å². The summed E-state index contributed by atoms with van der Waals surface area (Å²) in [6, 6.07) is 6.17. The molecule has 102 valence electrons. The molecule has 3 nitrogen and oxygen atoms in total. The van der Waals surface area contributed by atoms with Gasteiger partial charge in [0.25, 0.3) is 0 Å². The lowest BCUT2D eigenvalue weighted by Gasteiger charge is -2.04. The molecule has 0 amide bonds. The Hall–Kier alpha value is -1.13. The SMILES string of the molecule is Cc1ccc(-c2cnc(CNCC(C)C)o2)cc1Br. The topological polar surface area (TPSA) is 38.1 Å². The third-order valence-electron chi connectivity index (χ3n) is 2.84. The highest BCUT2D eigenvalue weighted by molar-refractivity contribution is 9.10. The second kappa shape index (κ2) is 6.35. The zero-order valence-corrected chi connectivity index (χ0v) is 13.1. The molecule has 0 saturated heterocycles. The van der Waals surface area contributed by atoms with Crippen molar-refractivity contribution in [2.24, 2.45) is 5.92 Å². The van der Waals surface area contributed by atoms with E-state index >= 15 is 0 Å². The van der Waals surface area contributed by atoms with E-state index in [1.807, 2.05) is 6.07 Å². The summed E-state index contributed by atoms with van der Waals surface area (Å²) in [4.78, 5) is 4.30. The van der Waals surface area contributed by atoms with Crippen molar-refractivity contribution in [1.29, 1.82) is 0 Å². The highest BCUT2D eigenvalue weighted by Gasteiger charge is 2.07. The number of hydrogen-bond donors (Lipinski definition) is 1. The second-order valence-electron chi connectivity index (χ2n) is 5.11. The summed E-state index contributed by atoms with van der Waals surface area (Å²) in [7, 11) is 0. The summed E-state index contributed by atoms with van der Waals surface area (Å²) in [5, 5.41) is 3.32. The zero-order valence-electron chi connectivity index (χ0n) is 11.5. The number of benzene rings is 1. The first-order valence-electron chi connectivity index (χ1n) is 6.48. The molecular formula is C15H19BrN2O. The van der Waals surface area contributed by atoms with Gasteiger partial charge in [-0.2, -0.15) is 0 Å². The number of aromatic nitrogens is 1. The quantitative estimate of drug-likeness (QED) is 0.898. The van der Waals surface area contributed by atoms with Crippen LogP contribution in [0.15, 0.2) is 33.3 Å². The maximum atomic E-state index is 5.75. The fourth-order valence-electron chi connectivity index (χ4n) is 1.74. The monoisotopic (exact) mass is 322 g/mol. The fraction of sp³-hybridized carbons (Fsp3) is 0.400. The van der Waals surface area contributed by atoms with E-state index in [-0.39, 0.29) is 0 Å². The lowest BCUT2D eigenvalue weighted by Crippen LogP contribution is -2.18. The third-order valence-corrected chi connectivity index (χ3v) is 3.69. The van der Waals surface area contributed by atoms with Gasteiger partial charge in [0, 0.05) is 10.0 Å². The lowest BCUT2D eigenvalue weighted by atomic mass is 10.1. The molecule has 0 saturated carbocycles. The Morgan fingerprint density at radius 2 is 2.16 bits per heavy atom. The van der Waals surface area contributed by atoms with Gasteiger partial charge in [-0.1, -0.05) is 41.9 Å². The molecule has 0 unspecified atom stereocenters. The van der Waals surface area contributed by atoms with Crippen LogP contribution < -0.4 is 5.32 Å². The number of nitrogens with one attached hydrogen (secondary N) is 1. The molecule has 1 heterocycles. The van der Waals surface area contributed by atoms with Crippen LogP contribution in [0.1, 0.15) is 25.3 Å². The van der Waals surface area contributed by atoms with Gasteiger partial charge >= 0.3 is 0 Å². The molecule has 0 spiro atoms. The van der Waals surface area contributed by atoms with E-state index in [1.165, 1.54) is 5.56 Å². The van der Waals surface area contributed by atoms with Crippen LogP contribution >= 0.6 is 15.9 Å². The summed E-state index contributed by atoms with van der Waals surface area (Å²) < 4.78 is 6.84. The molecule has 0 fully saturated rings. The zero-order chi connectivity index (χ0) is 13.8. The molecule has 2 aromatic rings. The van der Waals surface area contributed by atoms with Gasteiger partial charge in [0.1, 0.15) is 0 Å². The van der Waals surface area contributed by atoms with Crippen molar-refractivity contribution >= 4 is 15.9 Å². The van der Waals surface area contributed by atoms with Gasteiger partial charge < -0.3 is 9.73 Å². The van der Waals surface area contributed by atoms with Gasteiger partial charge in [0.05, 0.1) is 12.7 Å². The first-order valence-corrected chi connectivity index (χ1v) is 7.27. The number of nitrogens with zero attached hydrogens (tertiary/aromatic N) is 1. The minimum absolute atomic E-state index is 0.627. The molecule has 19 heavy (non-hydrogen) atoms.